The maximum absolute atomic E-state index is 11.3. The average Bonchev–Trinajstić information content (AvgIpc) is 2.46. The number of hydrogen-bond acceptors (Lipinski definition) is 2. The van der Waals surface area contributed by atoms with E-state index in [2.05, 4.69) is 45.9 Å². The van der Waals surface area contributed by atoms with Crippen molar-refractivity contribution in [1.82, 2.24) is 0 Å². The number of esters is 1. The predicted octanol–water partition coefficient (Wildman–Crippen LogP) is 6.47. The highest BCUT2D eigenvalue weighted by Gasteiger charge is 1.95. The first-order chi connectivity index (χ1) is 11.3. The van der Waals surface area contributed by atoms with Gasteiger partial charge in [-0.3, -0.25) is 0 Å². The van der Waals surface area contributed by atoms with Gasteiger partial charge in [0.05, 0.1) is 6.61 Å². The summed E-state index contributed by atoms with van der Waals surface area (Å²) < 4.78 is 4.88. The molecule has 0 unspecified atom stereocenters. The molecule has 0 aromatic carbocycles. The van der Waals surface area contributed by atoms with E-state index in [0.29, 0.717) is 6.61 Å². The zero-order valence-electron chi connectivity index (χ0n) is 16.3. The van der Waals surface area contributed by atoms with Gasteiger partial charge in [-0.05, 0) is 72.8 Å². The van der Waals surface area contributed by atoms with Crippen LogP contribution in [0.2, 0.25) is 0 Å². The molecule has 0 amide bonds. The van der Waals surface area contributed by atoms with Crippen LogP contribution >= 0.6 is 0 Å². The molecule has 0 aliphatic heterocycles. The molecule has 0 fully saturated rings. The maximum atomic E-state index is 11.3. The number of carbonyl (C=O) groups is 1. The van der Waals surface area contributed by atoms with Crippen molar-refractivity contribution in [2.45, 2.75) is 67.2 Å². The van der Waals surface area contributed by atoms with Crippen LogP contribution in [0.15, 0.2) is 58.7 Å². The van der Waals surface area contributed by atoms with E-state index in [1.54, 1.807) is 6.92 Å². The summed E-state index contributed by atoms with van der Waals surface area (Å²) in [6.45, 7) is 12.7. The fourth-order valence-corrected chi connectivity index (χ4v) is 2.10. The molecule has 2 nitrogen and oxygen atoms in total. The Morgan fingerprint density at radius 3 is 2.17 bits per heavy atom. The summed E-state index contributed by atoms with van der Waals surface area (Å²) in [6.07, 6.45) is 16.6. The number of hydrogen-bond donors (Lipinski definition) is 0. The fraction of sp³-hybridized carbons (Fsp3) is 0.500. The zero-order valence-corrected chi connectivity index (χ0v) is 16.3. The quantitative estimate of drug-likeness (QED) is 0.198. The van der Waals surface area contributed by atoms with Crippen molar-refractivity contribution in [3.63, 3.8) is 0 Å². The average molecular weight is 331 g/mol. The summed E-state index contributed by atoms with van der Waals surface area (Å²) in [6, 6.07) is 0. The van der Waals surface area contributed by atoms with Gasteiger partial charge in [-0.2, -0.15) is 0 Å². The van der Waals surface area contributed by atoms with E-state index in [4.69, 9.17) is 4.74 Å². The monoisotopic (exact) mass is 330 g/mol. The van der Waals surface area contributed by atoms with Crippen LogP contribution in [0.25, 0.3) is 0 Å². The molecule has 24 heavy (non-hydrogen) atoms. The van der Waals surface area contributed by atoms with Gasteiger partial charge in [-0.25, -0.2) is 4.79 Å². The molecule has 0 rings (SSSR count). The minimum Gasteiger partial charge on any atom is -0.463 e. The van der Waals surface area contributed by atoms with E-state index in [-0.39, 0.29) is 5.97 Å². The van der Waals surface area contributed by atoms with Gasteiger partial charge in [-0.1, -0.05) is 47.1 Å². The largest absolute Gasteiger partial charge is 0.463 e. The third-order valence-corrected chi connectivity index (χ3v) is 3.49. The molecule has 0 N–H and O–H groups in total. The summed E-state index contributed by atoms with van der Waals surface area (Å²) in [4.78, 5) is 11.3. The smallest absolute Gasteiger partial charge is 0.330 e. The standard InChI is InChI=1S/C22H34O2/c1-7-24-22(23)17-21(6)16-10-15-20(5)14-9-13-19(4)12-8-11-18(2)3/h10-11,13,15-17H,7-9,12,14H2,1-6H3. The van der Waals surface area contributed by atoms with Crippen LogP contribution < -0.4 is 0 Å². The Kier molecular flexibility index (Phi) is 12.6. The second-order valence-corrected chi connectivity index (χ2v) is 6.42. The highest BCUT2D eigenvalue weighted by Crippen LogP contribution is 2.11. The normalized spacial score (nSPS) is 13.3. The van der Waals surface area contributed by atoms with Crippen molar-refractivity contribution < 1.29 is 9.53 Å². The molecule has 2 heteroatoms. The minimum atomic E-state index is -0.283. The lowest BCUT2D eigenvalue weighted by molar-refractivity contribution is -0.137. The molecular weight excluding hydrogens is 296 g/mol. The third kappa shape index (κ3) is 13.8. The first-order valence-electron chi connectivity index (χ1n) is 8.83. The number of allylic oxidation sites excluding steroid dienone is 9. The van der Waals surface area contributed by atoms with Gasteiger partial charge in [0.25, 0.3) is 0 Å². The predicted molar refractivity (Wildman–Crippen MR) is 105 cm³/mol. The van der Waals surface area contributed by atoms with Gasteiger partial charge in [0.15, 0.2) is 0 Å². The van der Waals surface area contributed by atoms with E-state index in [1.807, 2.05) is 19.1 Å². The highest BCUT2D eigenvalue weighted by molar-refractivity contribution is 5.83. The molecule has 0 spiro atoms. The lowest BCUT2D eigenvalue weighted by Gasteiger charge is -2.00. The molecule has 0 aromatic heterocycles. The third-order valence-electron chi connectivity index (χ3n) is 3.49. The molecule has 0 heterocycles. The molecule has 0 saturated carbocycles. The topological polar surface area (TPSA) is 26.3 Å². The van der Waals surface area contributed by atoms with Crippen LogP contribution in [0.1, 0.15) is 67.2 Å². The van der Waals surface area contributed by atoms with Gasteiger partial charge in [0.2, 0.25) is 0 Å². The molecule has 0 aliphatic rings. The number of carbonyl (C=O) groups excluding carboxylic acids is 1. The summed E-state index contributed by atoms with van der Waals surface area (Å²) in [7, 11) is 0. The summed E-state index contributed by atoms with van der Waals surface area (Å²) >= 11 is 0. The molecule has 0 radical (unpaired) electrons. The van der Waals surface area contributed by atoms with Crippen molar-refractivity contribution in [3.8, 4) is 0 Å². The lowest BCUT2D eigenvalue weighted by atomic mass is 10.1. The van der Waals surface area contributed by atoms with Gasteiger partial charge in [0.1, 0.15) is 0 Å². The Morgan fingerprint density at radius 2 is 1.54 bits per heavy atom. The van der Waals surface area contributed by atoms with E-state index >= 15 is 0 Å². The number of rotatable bonds is 10. The zero-order chi connectivity index (χ0) is 18.4. The second-order valence-electron chi connectivity index (χ2n) is 6.42. The fourth-order valence-electron chi connectivity index (χ4n) is 2.10. The molecule has 0 saturated heterocycles. The van der Waals surface area contributed by atoms with Crippen molar-refractivity contribution >= 4 is 5.97 Å². The van der Waals surface area contributed by atoms with E-state index in [1.165, 1.54) is 22.8 Å². The Morgan fingerprint density at radius 1 is 0.917 bits per heavy atom. The Hall–Kier alpha value is -1.83. The SMILES string of the molecule is CCOC(=O)C=C(C)C=CC=C(C)CCC=C(C)CCC=C(C)C. The van der Waals surface area contributed by atoms with E-state index in [9.17, 15) is 4.79 Å². The van der Waals surface area contributed by atoms with E-state index < -0.39 is 0 Å². The Balaban J connectivity index is 4.25. The number of ether oxygens (including phenoxy) is 1. The first-order valence-corrected chi connectivity index (χ1v) is 8.83. The van der Waals surface area contributed by atoms with Gasteiger partial charge in [0, 0.05) is 6.08 Å². The molecular formula is C22H34O2. The van der Waals surface area contributed by atoms with Crippen LogP contribution in [-0.4, -0.2) is 12.6 Å². The summed E-state index contributed by atoms with van der Waals surface area (Å²) in [5.41, 5.74) is 5.08. The van der Waals surface area contributed by atoms with Crippen LogP contribution in [0.3, 0.4) is 0 Å². The molecule has 0 aromatic rings. The van der Waals surface area contributed by atoms with Crippen LogP contribution in [0, 0.1) is 0 Å². The van der Waals surface area contributed by atoms with Crippen molar-refractivity contribution in [2.24, 2.45) is 0 Å². The van der Waals surface area contributed by atoms with Crippen LogP contribution in [-0.2, 0) is 9.53 Å². The summed E-state index contributed by atoms with van der Waals surface area (Å²) in [5.74, 6) is -0.283. The van der Waals surface area contributed by atoms with Crippen LogP contribution in [0.4, 0.5) is 0 Å². The Labute approximate surface area is 148 Å². The van der Waals surface area contributed by atoms with Crippen LogP contribution in [0.5, 0.6) is 0 Å². The maximum Gasteiger partial charge on any atom is 0.330 e. The van der Waals surface area contributed by atoms with E-state index in [0.717, 1.165) is 31.3 Å². The van der Waals surface area contributed by atoms with Crippen molar-refractivity contribution in [1.29, 1.82) is 0 Å². The second kappa shape index (κ2) is 13.6. The molecule has 0 bridgehead atoms. The minimum absolute atomic E-state index is 0.283. The summed E-state index contributed by atoms with van der Waals surface area (Å²) in [5, 5.41) is 0. The van der Waals surface area contributed by atoms with Gasteiger partial charge in [-0.15, -0.1) is 0 Å². The molecule has 0 atom stereocenters. The molecule has 134 valence electrons. The van der Waals surface area contributed by atoms with Crippen molar-refractivity contribution in [3.05, 3.63) is 58.7 Å². The van der Waals surface area contributed by atoms with Gasteiger partial charge < -0.3 is 4.74 Å². The van der Waals surface area contributed by atoms with Crippen molar-refractivity contribution in [2.75, 3.05) is 6.61 Å². The van der Waals surface area contributed by atoms with Gasteiger partial charge >= 0.3 is 5.97 Å². The first kappa shape index (κ1) is 22.2. The highest BCUT2D eigenvalue weighted by atomic mass is 16.5. The molecule has 0 aliphatic carbocycles. The Bertz CT molecular complexity index is 524. The lowest BCUT2D eigenvalue weighted by Crippen LogP contribution is -1.99.